The summed E-state index contributed by atoms with van der Waals surface area (Å²) in [7, 11) is 0. The maximum absolute atomic E-state index is 15.0. The second kappa shape index (κ2) is 15.7. The molecule has 4 aliphatic rings. The van der Waals surface area contributed by atoms with Gasteiger partial charge >= 0.3 is 0 Å². The van der Waals surface area contributed by atoms with E-state index >= 15 is 0 Å². The Hall–Kier alpha value is -5.16. The topological polar surface area (TPSA) is 191 Å². The van der Waals surface area contributed by atoms with E-state index < -0.39 is 41.0 Å². The molecule has 17 heteroatoms. The number of hydrogen-bond acceptors (Lipinski definition) is 11. The molecule has 0 spiro atoms. The quantitative estimate of drug-likeness (QED) is 0.257. The number of piperidine rings is 3. The zero-order valence-electron chi connectivity index (χ0n) is 29.7. The molecule has 1 unspecified atom stereocenters. The van der Waals surface area contributed by atoms with Crippen LogP contribution in [0.3, 0.4) is 0 Å². The Morgan fingerprint density at radius 1 is 1.00 bits per heavy atom. The van der Waals surface area contributed by atoms with Crippen LogP contribution in [0.1, 0.15) is 72.0 Å². The Balaban J connectivity index is 0.900. The number of carbonyl (C=O) groups excluding carboxylic acids is 6. The number of aromatic nitrogens is 2. The number of H-pyrrole nitrogens is 1. The van der Waals surface area contributed by atoms with Gasteiger partial charge < -0.3 is 19.9 Å². The zero-order valence-corrected chi connectivity index (χ0v) is 30.5. The van der Waals surface area contributed by atoms with E-state index in [1.807, 2.05) is 4.90 Å². The van der Waals surface area contributed by atoms with Crippen molar-refractivity contribution in [1.82, 2.24) is 30.0 Å². The lowest BCUT2D eigenvalue weighted by Gasteiger charge is -2.31. The summed E-state index contributed by atoms with van der Waals surface area (Å²) >= 11 is 1.62. The lowest BCUT2D eigenvalue weighted by Crippen LogP contribution is -2.54. The van der Waals surface area contributed by atoms with Crippen molar-refractivity contribution in [3.05, 3.63) is 63.5 Å². The van der Waals surface area contributed by atoms with Crippen molar-refractivity contribution >= 4 is 63.8 Å². The fourth-order valence-corrected chi connectivity index (χ4v) is 8.55. The van der Waals surface area contributed by atoms with Crippen molar-refractivity contribution in [3.63, 3.8) is 0 Å². The van der Waals surface area contributed by atoms with E-state index in [9.17, 15) is 38.0 Å². The van der Waals surface area contributed by atoms with Gasteiger partial charge in [0.2, 0.25) is 23.6 Å². The number of hydrogen-bond donors (Lipinski definition) is 3. The number of thioether (sulfide) groups is 1. The molecule has 15 nitrogen and oxygen atoms in total. The van der Waals surface area contributed by atoms with Crippen molar-refractivity contribution in [1.29, 1.82) is 0 Å². The summed E-state index contributed by atoms with van der Waals surface area (Å²) in [4.78, 5) is 100.0. The van der Waals surface area contributed by atoms with Crippen LogP contribution in [0, 0.1) is 11.7 Å². The average Bonchev–Trinajstić information content (AvgIpc) is 3.39. The molecule has 3 N–H and O–H groups in total. The molecule has 4 aliphatic heterocycles. The van der Waals surface area contributed by atoms with Gasteiger partial charge in [-0.2, -0.15) is 11.8 Å². The highest BCUT2D eigenvalue weighted by molar-refractivity contribution is 7.99. The smallest absolute Gasteiger partial charge is 0.264 e. The van der Waals surface area contributed by atoms with Crippen LogP contribution in [-0.4, -0.2) is 111 Å². The molecule has 2 aromatic carbocycles. The molecule has 1 aromatic heterocycles. The third-order valence-electron chi connectivity index (χ3n) is 10.4. The van der Waals surface area contributed by atoms with Gasteiger partial charge in [-0.3, -0.25) is 48.7 Å². The molecule has 284 valence electrons. The van der Waals surface area contributed by atoms with Gasteiger partial charge in [-0.05, 0) is 63.2 Å². The Labute approximate surface area is 313 Å². The van der Waals surface area contributed by atoms with E-state index in [4.69, 9.17) is 4.74 Å². The summed E-state index contributed by atoms with van der Waals surface area (Å²) in [6.45, 7) is 4.58. The van der Waals surface area contributed by atoms with Gasteiger partial charge in [0.1, 0.15) is 28.8 Å². The summed E-state index contributed by atoms with van der Waals surface area (Å²) in [5.74, 6) is -2.16. The van der Waals surface area contributed by atoms with Crippen molar-refractivity contribution in [2.24, 2.45) is 5.92 Å². The minimum Gasteiger partial charge on any atom is -0.493 e. The van der Waals surface area contributed by atoms with Crippen molar-refractivity contribution < 1.29 is 37.9 Å². The number of anilines is 1. The number of fused-ring (bicyclic) bond motifs is 2. The Kier molecular flexibility index (Phi) is 10.8. The molecule has 3 aromatic rings. The highest BCUT2D eigenvalue weighted by atomic mass is 32.2. The van der Waals surface area contributed by atoms with Crippen LogP contribution in [-0.2, 0) is 24.9 Å². The highest BCUT2D eigenvalue weighted by Crippen LogP contribution is 2.33. The average molecular weight is 762 g/mol. The molecule has 0 radical (unpaired) electrons. The number of amides is 6. The van der Waals surface area contributed by atoms with Gasteiger partial charge in [0, 0.05) is 43.8 Å². The number of nitrogens with zero attached hydrogens (tertiary/aromatic N) is 4. The highest BCUT2D eigenvalue weighted by Gasteiger charge is 2.45. The molecular weight excluding hydrogens is 722 g/mol. The minimum absolute atomic E-state index is 0.00641. The van der Waals surface area contributed by atoms with Crippen LogP contribution in [0.2, 0.25) is 0 Å². The first kappa shape index (κ1) is 37.2. The SMILES string of the molecule is CC(=O)N1CCC(COc2cc(F)c3c(=O)[nH]c(CSC4CCN(CC(=O)Nc5cccc6c5C(=O)N(C5CCC(=O)NC5=O)C6=O)CC4)nc3c2)CC1. The van der Waals surface area contributed by atoms with Crippen LogP contribution in [0.5, 0.6) is 5.75 Å². The van der Waals surface area contributed by atoms with Gasteiger partial charge in [0.05, 0.1) is 41.2 Å². The molecule has 0 saturated carbocycles. The molecule has 3 fully saturated rings. The van der Waals surface area contributed by atoms with E-state index in [0.717, 1.165) is 30.6 Å². The van der Waals surface area contributed by atoms with Crippen LogP contribution in [0.15, 0.2) is 35.1 Å². The van der Waals surface area contributed by atoms with Crippen molar-refractivity contribution in [2.45, 2.75) is 62.5 Å². The van der Waals surface area contributed by atoms with Gasteiger partial charge in [0.15, 0.2) is 0 Å². The lowest BCUT2D eigenvalue weighted by atomic mass is 9.98. The van der Waals surface area contributed by atoms with E-state index in [0.29, 0.717) is 50.1 Å². The van der Waals surface area contributed by atoms with Crippen molar-refractivity contribution in [3.8, 4) is 5.75 Å². The number of nitrogens with one attached hydrogen (secondary N) is 3. The summed E-state index contributed by atoms with van der Waals surface area (Å²) < 4.78 is 20.9. The second-order valence-electron chi connectivity index (χ2n) is 14.1. The number of halogens is 1. The number of ether oxygens (including phenoxy) is 1. The first-order chi connectivity index (χ1) is 25.9. The Morgan fingerprint density at radius 3 is 2.48 bits per heavy atom. The number of rotatable bonds is 10. The van der Waals surface area contributed by atoms with Crippen LogP contribution < -0.4 is 20.9 Å². The fraction of sp³-hybridized carbons (Fsp3) is 0.459. The number of benzene rings is 2. The number of carbonyl (C=O) groups is 6. The monoisotopic (exact) mass is 761 g/mol. The third kappa shape index (κ3) is 7.87. The molecule has 0 bridgehead atoms. The van der Waals surface area contributed by atoms with Crippen LogP contribution in [0.4, 0.5) is 10.1 Å². The lowest BCUT2D eigenvalue weighted by molar-refractivity contribution is -0.136. The van der Waals surface area contributed by atoms with E-state index in [-0.39, 0.29) is 70.1 Å². The van der Waals surface area contributed by atoms with E-state index in [1.54, 1.807) is 35.7 Å². The zero-order chi connectivity index (χ0) is 38.1. The predicted octanol–water partition coefficient (Wildman–Crippen LogP) is 2.44. The molecule has 5 heterocycles. The first-order valence-electron chi connectivity index (χ1n) is 18.0. The Morgan fingerprint density at radius 2 is 1.76 bits per heavy atom. The summed E-state index contributed by atoms with van der Waals surface area (Å²) in [6.07, 6.45) is 3.18. The molecule has 0 aliphatic carbocycles. The second-order valence-corrected chi connectivity index (χ2v) is 15.4. The standard InChI is InChI=1S/C37H40FN7O8S/c1-20(46)44-13-7-21(8-14-44)18-53-22-15-25(38)33-27(16-22)39-29(41-35(33)50)19-54-23-9-11-43(12-10-23)17-31(48)40-26-4-2-3-24-32(26)37(52)45(36(24)51)28-5-6-30(47)42-34(28)49/h2-4,15-16,21,23,28H,5-14,17-19H2,1H3,(H,40,48)(H,39,41,50)(H,42,47,49). The molecule has 6 amide bonds. The summed E-state index contributed by atoms with van der Waals surface area (Å²) in [5.41, 5.74) is -0.0604. The van der Waals surface area contributed by atoms with Crippen LogP contribution >= 0.6 is 11.8 Å². The van der Waals surface area contributed by atoms with Crippen molar-refractivity contribution in [2.75, 3.05) is 44.6 Å². The minimum atomic E-state index is -1.11. The Bertz CT molecular complexity index is 2090. The maximum Gasteiger partial charge on any atom is 0.264 e. The largest absolute Gasteiger partial charge is 0.493 e. The predicted molar refractivity (Wildman–Crippen MR) is 195 cm³/mol. The number of likely N-dealkylation sites (tertiary alicyclic amines) is 2. The van der Waals surface area contributed by atoms with Gasteiger partial charge in [-0.25, -0.2) is 9.37 Å². The summed E-state index contributed by atoms with van der Waals surface area (Å²) in [6, 6.07) is 6.25. The fourth-order valence-electron chi connectivity index (χ4n) is 7.47. The normalized spacial score (nSPS) is 20.0. The van der Waals surface area contributed by atoms with E-state index in [2.05, 4.69) is 20.6 Å². The number of imide groups is 2. The number of aromatic amines is 1. The molecule has 1 atom stereocenters. The first-order valence-corrected chi connectivity index (χ1v) is 19.1. The van der Waals surface area contributed by atoms with Crippen LogP contribution in [0.25, 0.3) is 10.9 Å². The maximum atomic E-state index is 15.0. The van der Waals surface area contributed by atoms with Gasteiger partial charge in [-0.15, -0.1) is 0 Å². The molecule has 3 saturated heterocycles. The van der Waals surface area contributed by atoms with Gasteiger partial charge in [-0.1, -0.05) is 6.07 Å². The molecule has 54 heavy (non-hydrogen) atoms. The molecule has 7 rings (SSSR count). The van der Waals surface area contributed by atoms with Gasteiger partial charge in [0.25, 0.3) is 17.4 Å². The molecular formula is C37H40FN7O8S. The third-order valence-corrected chi connectivity index (χ3v) is 11.8. The van der Waals surface area contributed by atoms with E-state index in [1.165, 1.54) is 18.2 Å². The summed E-state index contributed by atoms with van der Waals surface area (Å²) in [5, 5.41) is 5.04.